The van der Waals surface area contributed by atoms with Crippen LogP contribution in [0, 0.1) is 0 Å². The maximum Gasteiger partial charge on any atom is 0.264 e. The Kier molecular flexibility index (Phi) is 5.50. The number of nitrogens with one attached hydrogen (secondary N) is 1. The maximum absolute atomic E-state index is 13.0. The number of ether oxygens (including phenoxy) is 5. The van der Waals surface area contributed by atoms with Gasteiger partial charge in [0.1, 0.15) is 5.39 Å². The summed E-state index contributed by atoms with van der Waals surface area (Å²) < 4.78 is 27.1. The number of benzene rings is 2. The lowest BCUT2D eigenvalue weighted by Crippen LogP contribution is -2.33. The van der Waals surface area contributed by atoms with Crippen LogP contribution in [0.4, 0.5) is 5.95 Å². The fraction of sp³-hybridized carbons (Fsp3) is 0.364. The smallest absolute Gasteiger partial charge is 0.264 e. The van der Waals surface area contributed by atoms with Crippen molar-refractivity contribution in [3.8, 4) is 28.7 Å². The van der Waals surface area contributed by atoms with Crippen LogP contribution in [0.3, 0.4) is 0 Å². The predicted molar refractivity (Wildman–Crippen MR) is 116 cm³/mol. The zero-order valence-electron chi connectivity index (χ0n) is 18.2. The molecule has 0 bridgehead atoms. The summed E-state index contributed by atoms with van der Waals surface area (Å²) >= 11 is 0. The van der Waals surface area contributed by atoms with Crippen LogP contribution in [-0.2, 0) is 13.0 Å². The van der Waals surface area contributed by atoms with Crippen molar-refractivity contribution < 1.29 is 23.7 Å². The van der Waals surface area contributed by atoms with Crippen molar-refractivity contribution in [2.24, 2.45) is 0 Å². The van der Waals surface area contributed by atoms with Crippen molar-refractivity contribution in [1.29, 1.82) is 0 Å². The summed E-state index contributed by atoms with van der Waals surface area (Å²) in [5.41, 5.74) is 2.43. The minimum absolute atomic E-state index is 0.290. The van der Waals surface area contributed by atoms with Crippen molar-refractivity contribution in [2.75, 3.05) is 47.0 Å². The Morgan fingerprint density at radius 2 is 1.48 bits per heavy atom. The molecule has 0 spiro atoms. The number of aromatic amines is 1. The summed E-state index contributed by atoms with van der Waals surface area (Å²) in [5, 5.41) is 0.313. The lowest BCUT2D eigenvalue weighted by Gasteiger charge is -2.30. The van der Waals surface area contributed by atoms with E-state index in [0.29, 0.717) is 52.9 Å². The lowest BCUT2D eigenvalue weighted by molar-refractivity contribution is 0.327. The molecule has 9 heteroatoms. The molecule has 1 aromatic heterocycles. The monoisotopic (exact) mass is 427 g/mol. The van der Waals surface area contributed by atoms with E-state index >= 15 is 0 Å². The summed E-state index contributed by atoms with van der Waals surface area (Å²) in [7, 11) is 7.74. The number of H-pyrrole nitrogens is 1. The lowest BCUT2D eigenvalue weighted by atomic mass is 9.99. The van der Waals surface area contributed by atoms with Gasteiger partial charge in [-0.25, -0.2) is 4.98 Å². The molecule has 0 atom stereocenters. The zero-order valence-corrected chi connectivity index (χ0v) is 18.2. The molecule has 0 amide bonds. The number of aromatic nitrogens is 2. The molecule has 164 valence electrons. The Balaban J connectivity index is 1.78. The van der Waals surface area contributed by atoms with Crippen molar-refractivity contribution in [2.45, 2.75) is 13.0 Å². The highest BCUT2D eigenvalue weighted by Gasteiger charge is 2.24. The average Bonchev–Trinajstić information content (AvgIpc) is 2.80. The number of rotatable bonds is 6. The first-order valence-corrected chi connectivity index (χ1v) is 9.76. The van der Waals surface area contributed by atoms with Crippen LogP contribution in [0.25, 0.3) is 10.9 Å². The summed E-state index contributed by atoms with van der Waals surface area (Å²) in [6, 6.07) is 5.65. The molecule has 1 aliphatic rings. The third-order valence-electron chi connectivity index (χ3n) is 5.51. The van der Waals surface area contributed by atoms with Crippen molar-refractivity contribution in [3.63, 3.8) is 0 Å². The second kappa shape index (κ2) is 8.25. The molecule has 4 rings (SSSR count). The molecule has 0 unspecified atom stereocenters. The largest absolute Gasteiger partial charge is 0.493 e. The van der Waals surface area contributed by atoms with E-state index in [2.05, 4.69) is 4.98 Å². The van der Waals surface area contributed by atoms with Gasteiger partial charge in [-0.2, -0.15) is 0 Å². The van der Waals surface area contributed by atoms with Gasteiger partial charge in [-0.15, -0.1) is 0 Å². The molecule has 9 nitrogen and oxygen atoms in total. The second-order valence-corrected chi connectivity index (χ2v) is 7.08. The topological polar surface area (TPSA) is 95.1 Å². The molecule has 0 fully saturated rings. The standard InChI is InChI=1S/C22H25N3O6/c1-27-15-8-12-6-7-25(11-13(12)9-16(15)28-2)22-23-14-10-17(29-3)19(30-4)20(31-5)18(14)21(26)24-22/h8-10H,6-7,11H2,1-5H3,(H,23,24,26). The molecular formula is C22H25N3O6. The predicted octanol–water partition coefficient (Wildman–Crippen LogP) is 2.53. The molecular weight excluding hydrogens is 402 g/mol. The highest BCUT2D eigenvalue weighted by Crippen LogP contribution is 2.42. The van der Waals surface area contributed by atoms with Crippen molar-refractivity contribution >= 4 is 16.9 Å². The maximum atomic E-state index is 13.0. The summed E-state index contributed by atoms with van der Waals surface area (Å²) in [4.78, 5) is 22.6. The number of nitrogens with zero attached hydrogens (tertiary/aromatic N) is 2. The molecule has 1 N–H and O–H groups in total. The SMILES string of the molecule is COc1cc2c(cc1OC)CN(c1nc3cc(OC)c(OC)c(OC)c3c(=O)[nH]1)CC2. The molecule has 3 aromatic rings. The van der Waals surface area contributed by atoms with Crippen LogP contribution >= 0.6 is 0 Å². The van der Waals surface area contributed by atoms with Crippen LogP contribution < -0.4 is 34.1 Å². The van der Waals surface area contributed by atoms with Gasteiger partial charge in [-0.05, 0) is 29.7 Å². The van der Waals surface area contributed by atoms with Crippen LogP contribution in [0.5, 0.6) is 28.7 Å². The van der Waals surface area contributed by atoms with E-state index in [9.17, 15) is 4.79 Å². The van der Waals surface area contributed by atoms with Gasteiger partial charge >= 0.3 is 0 Å². The van der Waals surface area contributed by atoms with Gasteiger partial charge in [0.2, 0.25) is 11.7 Å². The Morgan fingerprint density at radius 3 is 2.10 bits per heavy atom. The second-order valence-electron chi connectivity index (χ2n) is 7.08. The molecule has 0 saturated carbocycles. The van der Waals surface area contributed by atoms with Gasteiger partial charge in [-0.1, -0.05) is 0 Å². The average molecular weight is 427 g/mol. The summed E-state index contributed by atoms with van der Waals surface area (Å²) in [6.07, 6.45) is 0.784. The Morgan fingerprint density at radius 1 is 0.839 bits per heavy atom. The molecule has 31 heavy (non-hydrogen) atoms. The Bertz CT molecular complexity index is 1190. The van der Waals surface area contributed by atoms with Crippen LogP contribution in [-0.4, -0.2) is 52.1 Å². The van der Waals surface area contributed by atoms with Gasteiger partial charge in [-0.3, -0.25) is 9.78 Å². The number of anilines is 1. The number of hydrogen-bond acceptors (Lipinski definition) is 8. The molecule has 2 aromatic carbocycles. The molecule has 0 aliphatic carbocycles. The van der Waals surface area contributed by atoms with E-state index in [4.69, 9.17) is 28.7 Å². The first kappa shape index (κ1) is 20.6. The minimum Gasteiger partial charge on any atom is -0.493 e. The highest BCUT2D eigenvalue weighted by atomic mass is 16.5. The van der Waals surface area contributed by atoms with Gasteiger partial charge in [0.25, 0.3) is 5.56 Å². The van der Waals surface area contributed by atoms with E-state index in [1.807, 2.05) is 17.0 Å². The first-order valence-electron chi connectivity index (χ1n) is 9.76. The Labute approximate surface area is 179 Å². The van der Waals surface area contributed by atoms with Crippen molar-refractivity contribution in [3.05, 3.63) is 39.7 Å². The molecule has 1 aliphatic heterocycles. The van der Waals surface area contributed by atoms with Gasteiger partial charge < -0.3 is 28.6 Å². The first-order chi connectivity index (χ1) is 15.0. The molecule has 0 radical (unpaired) electrons. The summed E-state index contributed by atoms with van der Waals surface area (Å²) in [5.74, 6) is 2.94. The number of methoxy groups -OCH3 is 5. The Hall–Kier alpha value is -3.62. The molecule has 0 saturated heterocycles. The van der Waals surface area contributed by atoms with E-state index in [0.717, 1.165) is 12.0 Å². The zero-order chi connectivity index (χ0) is 22.1. The van der Waals surface area contributed by atoms with E-state index in [1.54, 1.807) is 20.3 Å². The third kappa shape index (κ3) is 3.45. The van der Waals surface area contributed by atoms with Crippen molar-refractivity contribution in [1.82, 2.24) is 9.97 Å². The summed E-state index contributed by atoms with van der Waals surface area (Å²) in [6.45, 7) is 1.27. The quantitative estimate of drug-likeness (QED) is 0.641. The number of fused-ring (bicyclic) bond motifs is 2. The van der Waals surface area contributed by atoms with Crippen LogP contribution in [0.15, 0.2) is 23.0 Å². The van der Waals surface area contributed by atoms with Gasteiger partial charge in [0, 0.05) is 19.2 Å². The van der Waals surface area contributed by atoms with E-state index < -0.39 is 0 Å². The van der Waals surface area contributed by atoms with Gasteiger partial charge in [0.05, 0.1) is 41.1 Å². The fourth-order valence-electron chi connectivity index (χ4n) is 3.97. The minimum atomic E-state index is -0.309. The van der Waals surface area contributed by atoms with E-state index in [-0.39, 0.29) is 11.3 Å². The van der Waals surface area contributed by atoms with E-state index in [1.165, 1.54) is 26.9 Å². The third-order valence-corrected chi connectivity index (χ3v) is 5.51. The van der Waals surface area contributed by atoms with Crippen LogP contribution in [0.2, 0.25) is 0 Å². The highest BCUT2D eigenvalue weighted by molar-refractivity contribution is 5.90. The van der Waals surface area contributed by atoms with Crippen LogP contribution in [0.1, 0.15) is 11.1 Å². The normalized spacial score (nSPS) is 13.0. The van der Waals surface area contributed by atoms with Gasteiger partial charge in [0.15, 0.2) is 23.0 Å². The number of hydrogen-bond donors (Lipinski definition) is 1. The molecule has 2 heterocycles. The fourth-order valence-corrected chi connectivity index (χ4v) is 3.97.